The average molecular weight is 325 g/mol. The van der Waals surface area contributed by atoms with Crippen LogP contribution in [0.3, 0.4) is 0 Å². The molecule has 0 atom stereocenters. The molecule has 0 aliphatic rings. The quantitative estimate of drug-likeness (QED) is 0.687. The molecule has 0 unspecified atom stereocenters. The largest absolute Gasteiger partial charge is 0.434 e. The molecule has 0 aliphatic carbocycles. The zero-order valence-corrected chi connectivity index (χ0v) is 11.4. The molecular weight excluding hydrogens is 316 g/mol. The van der Waals surface area contributed by atoms with Crippen LogP contribution in [-0.2, 0) is 0 Å². The van der Waals surface area contributed by atoms with E-state index in [0.29, 0.717) is 5.75 Å². The summed E-state index contributed by atoms with van der Waals surface area (Å²) in [5, 5.41) is 10.9. The summed E-state index contributed by atoms with van der Waals surface area (Å²) in [4.78, 5) is 17.6. The number of nitrogens with zero attached hydrogens (tertiary/aromatic N) is 3. The van der Waals surface area contributed by atoms with Gasteiger partial charge in [-0.2, -0.15) is 4.98 Å². The SMILES string of the molecule is Cc1cc(Oc2ncnc(N)c2[N+](=O)[O-])ccc1Br. The number of hydrogen-bond acceptors (Lipinski definition) is 6. The van der Waals surface area contributed by atoms with Crippen LogP contribution in [0.25, 0.3) is 0 Å². The van der Waals surface area contributed by atoms with E-state index in [-0.39, 0.29) is 11.7 Å². The van der Waals surface area contributed by atoms with Gasteiger partial charge in [-0.3, -0.25) is 10.1 Å². The highest BCUT2D eigenvalue weighted by Gasteiger charge is 2.23. The highest BCUT2D eigenvalue weighted by molar-refractivity contribution is 9.10. The molecule has 2 N–H and O–H groups in total. The molecule has 2 rings (SSSR count). The van der Waals surface area contributed by atoms with Crippen LogP contribution in [0.15, 0.2) is 29.0 Å². The lowest BCUT2D eigenvalue weighted by Gasteiger charge is -2.07. The van der Waals surface area contributed by atoms with Crippen LogP contribution in [0.1, 0.15) is 5.56 Å². The molecule has 0 amide bonds. The second-order valence-electron chi connectivity index (χ2n) is 3.68. The summed E-state index contributed by atoms with van der Waals surface area (Å²) in [7, 11) is 0. The van der Waals surface area contributed by atoms with E-state index < -0.39 is 10.6 Å². The summed E-state index contributed by atoms with van der Waals surface area (Å²) < 4.78 is 6.31. The van der Waals surface area contributed by atoms with Crippen molar-refractivity contribution in [3.63, 3.8) is 0 Å². The van der Waals surface area contributed by atoms with Gasteiger partial charge < -0.3 is 10.5 Å². The minimum absolute atomic E-state index is 0.181. The Morgan fingerprint density at radius 3 is 2.79 bits per heavy atom. The number of ether oxygens (including phenoxy) is 1. The number of rotatable bonds is 3. The molecule has 0 spiro atoms. The summed E-state index contributed by atoms with van der Waals surface area (Å²) in [6.07, 6.45) is 1.11. The molecule has 2 aromatic rings. The Morgan fingerprint density at radius 2 is 2.16 bits per heavy atom. The molecule has 98 valence electrons. The molecule has 1 heterocycles. The summed E-state index contributed by atoms with van der Waals surface area (Å²) >= 11 is 3.35. The summed E-state index contributed by atoms with van der Waals surface area (Å²) in [6, 6.07) is 5.17. The van der Waals surface area contributed by atoms with Crippen molar-refractivity contribution in [2.45, 2.75) is 6.92 Å². The van der Waals surface area contributed by atoms with Crippen LogP contribution in [0.4, 0.5) is 11.5 Å². The molecule has 1 aromatic heterocycles. The molecule has 7 nitrogen and oxygen atoms in total. The first-order valence-corrected chi connectivity index (χ1v) is 5.97. The minimum atomic E-state index is -0.670. The second kappa shape index (κ2) is 5.19. The van der Waals surface area contributed by atoms with E-state index >= 15 is 0 Å². The van der Waals surface area contributed by atoms with Crippen LogP contribution in [-0.4, -0.2) is 14.9 Å². The van der Waals surface area contributed by atoms with Crippen molar-refractivity contribution in [2.75, 3.05) is 5.73 Å². The third-order valence-electron chi connectivity index (χ3n) is 2.34. The molecule has 1 aromatic carbocycles. The number of nitrogens with two attached hydrogens (primary N) is 1. The van der Waals surface area contributed by atoms with Crippen molar-refractivity contribution in [3.05, 3.63) is 44.7 Å². The maximum Gasteiger partial charge on any atom is 0.372 e. The molecular formula is C11H9BrN4O3. The second-order valence-corrected chi connectivity index (χ2v) is 4.54. The fraction of sp³-hybridized carbons (Fsp3) is 0.0909. The Kier molecular flexibility index (Phi) is 3.61. The van der Waals surface area contributed by atoms with E-state index in [9.17, 15) is 10.1 Å². The molecule has 19 heavy (non-hydrogen) atoms. The van der Waals surface area contributed by atoms with Gasteiger partial charge in [-0.25, -0.2) is 4.98 Å². The van der Waals surface area contributed by atoms with Gasteiger partial charge in [0.15, 0.2) is 0 Å². The van der Waals surface area contributed by atoms with Gasteiger partial charge in [0.1, 0.15) is 12.1 Å². The Labute approximate surface area is 116 Å². The first-order chi connectivity index (χ1) is 8.99. The first-order valence-electron chi connectivity index (χ1n) is 5.18. The highest BCUT2D eigenvalue weighted by atomic mass is 79.9. The van der Waals surface area contributed by atoms with Crippen LogP contribution in [0.2, 0.25) is 0 Å². The van der Waals surface area contributed by atoms with E-state index in [4.69, 9.17) is 10.5 Å². The first kappa shape index (κ1) is 13.2. The Hall–Kier alpha value is -2.22. The number of aromatic nitrogens is 2. The van der Waals surface area contributed by atoms with E-state index in [1.54, 1.807) is 18.2 Å². The molecule has 0 aliphatic heterocycles. The van der Waals surface area contributed by atoms with Gasteiger partial charge in [-0.15, -0.1) is 0 Å². The van der Waals surface area contributed by atoms with Crippen molar-refractivity contribution in [1.29, 1.82) is 0 Å². The number of aryl methyl sites for hydroxylation is 1. The minimum Gasteiger partial charge on any atom is -0.434 e. The van der Waals surface area contributed by atoms with Gasteiger partial charge >= 0.3 is 11.6 Å². The van der Waals surface area contributed by atoms with Gasteiger partial charge in [0.05, 0.1) is 4.92 Å². The standard InChI is InChI=1S/C11H9BrN4O3/c1-6-4-7(2-3-8(6)12)19-11-9(16(17)18)10(13)14-5-15-11/h2-5H,1H3,(H2,13,14,15). The van der Waals surface area contributed by atoms with Crippen LogP contribution in [0, 0.1) is 17.0 Å². The lowest BCUT2D eigenvalue weighted by molar-refractivity contribution is -0.385. The molecule has 0 radical (unpaired) electrons. The predicted molar refractivity (Wildman–Crippen MR) is 72.1 cm³/mol. The maximum atomic E-state index is 10.9. The number of halogens is 1. The number of nitro groups is 1. The zero-order chi connectivity index (χ0) is 14.0. The fourth-order valence-corrected chi connectivity index (χ4v) is 1.66. The van der Waals surface area contributed by atoms with E-state index in [1.807, 2.05) is 6.92 Å². The number of nitrogen functional groups attached to an aromatic ring is 1. The zero-order valence-electron chi connectivity index (χ0n) is 9.83. The van der Waals surface area contributed by atoms with E-state index in [2.05, 4.69) is 25.9 Å². The molecule has 0 saturated carbocycles. The van der Waals surface area contributed by atoms with Gasteiger partial charge in [0.2, 0.25) is 5.82 Å². The maximum absolute atomic E-state index is 10.9. The summed E-state index contributed by atoms with van der Waals surface area (Å²) in [5.74, 6) is 0.0185. The topological polar surface area (TPSA) is 104 Å². The van der Waals surface area contributed by atoms with Crippen LogP contribution >= 0.6 is 15.9 Å². The van der Waals surface area contributed by atoms with Crippen molar-refractivity contribution in [2.24, 2.45) is 0 Å². The Bertz CT molecular complexity index is 648. The van der Waals surface area contributed by atoms with E-state index in [0.717, 1.165) is 16.4 Å². The van der Waals surface area contributed by atoms with Crippen LogP contribution in [0.5, 0.6) is 11.6 Å². The molecule has 0 fully saturated rings. The van der Waals surface area contributed by atoms with Crippen molar-refractivity contribution in [3.8, 4) is 11.6 Å². The van der Waals surface area contributed by atoms with Gasteiger partial charge in [0.25, 0.3) is 0 Å². The van der Waals surface area contributed by atoms with Crippen molar-refractivity contribution in [1.82, 2.24) is 9.97 Å². The number of hydrogen-bond donors (Lipinski definition) is 1. The predicted octanol–water partition coefficient (Wildman–Crippen LogP) is 2.83. The van der Waals surface area contributed by atoms with Gasteiger partial charge in [-0.1, -0.05) is 15.9 Å². The smallest absolute Gasteiger partial charge is 0.372 e. The fourth-order valence-electron chi connectivity index (χ4n) is 1.41. The lowest BCUT2D eigenvalue weighted by Crippen LogP contribution is -2.02. The van der Waals surface area contributed by atoms with E-state index in [1.165, 1.54) is 0 Å². The Balaban J connectivity index is 2.40. The normalized spacial score (nSPS) is 10.2. The number of benzene rings is 1. The van der Waals surface area contributed by atoms with Gasteiger partial charge in [-0.05, 0) is 30.7 Å². The summed E-state index contributed by atoms with van der Waals surface area (Å²) in [5.41, 5.74) is 5.94. The average Bonchev–Trinajstić information content (AvgIpc) is 2.33. The third kappa shape index (κ3) is 2.79. The summed E-state index contributed by atoms with van der Waals surface area (Å²) in [6.45, 7) is 1.87. The third-order valence-corrected chi connectivity index (χ3v) is 3.23. The lowest BCUT2D eigenvalue weighted by atomic mass is 10.2. The van der Waals surface area contributed by atoms with Gasteiger partial charge in [0, 0.05) is 4.47 Å². The number of anilines is 1. The van der Waals surface area contributed by atoms with Crippen LogP contribution < -0.4 is 10.5 Å². The highest BCUT2D eigenvalue weighted by Crippen LogP contribution is 2.33. The Morgan fingerprint density at radius 1 is 1.42 bits per heavy atom. The molecule has 0 bridgehead atoms. The monoisotopic (exact) mass is 324 g/mol. The van der Waals surface area contributed by atoms with Crippen molar-refractivity contribution >= 4 is 27.4 Å². The molecule has 0 saturated heterocycles. The van der Waals surface area contributed by atoms with Crippen molar-refractivity contribution < 1.29 is 9.66 Å². The molecule has 8 heteroatoms.